The highest BCUT2D eigenvalue weighted by Crippen LogP contribution is 2.20. The minimum Gasteiger partial charge on any atom is -0.326 e. The van der Waals surface area contributed by atoms with Crippen molar-refractivity contribution in [1.29, 1.82) is 0 Å². The number of benzene rings is 2. The predicted molar refractivity (Wildman–Crippen MR) is 87.2 cm³/mol. The predicted octanol–water partition coefficient (Wildman–Crippen LogP) is 3.32. The first kappa shape index (κ1) is 14.6. The number of amides is 1. The maximum atomic E-state index is 12.1. The van der Waals surface area contributed by atoms with Crippen molar-refractivity contribution in [2.45, 2.75) is 6.42 Å². The van der Waals surface area contributed by atoms with E-state index in [1.165, 1.54) is 6.07 Å². The molecule has 0 aliphatic rings. The third kappa shape index (κ3) is 3.32. The topological polar surface area (TPSA) is 85.1 Å². The van der Waals surface area contributed by atoms with Crippen molar-refractivity contribution in [2.24, 2.45) is 0 Å². The largest absolute Gasteiger partial charge is 0.326 e. The van der Waals surface area contributed by atoms with Gasteiger partial charge in [0.1, 0.15) is 0 Å². The molecule has 0 saturated carbocycles. The van der Waals surface area contributed by atoms with E-state index in [0.29, 0.717) is 11.3 Å². The number of carbonyl (C=O) groups is 1. The van der Waals surface area contributed by atoms with E-state index < -0.39 is 4.92 Å². The van der Waals surface area contributed by atoms with Gasteiger partial charge in [0.15, 0.2) is 0 Å². The fraction of sp³-hybridized carbons (Fsp3) is 0.0588. The second-order valence-electron chi connectivity index (χ2n) is 5.02. The molecule has 0 unspecified atom stereocenters. The Hall–Kier alpha value is -3.28. The lowest BCUT2D eigenvalue weighted by atomic mass is 10.1. The molecule has 0 atom stereocenters. The van der Waals surface area contributed by atoms with Crippen LogP contribution in [-0.4, -0.2) is 15.8 Å². The Morgan fingerprint density at radius 1 is 1.13 bits per heavy atom. The lowest BCUT2D eigenvalue weighted by Crippen LogP contribution is -2.15. The Kier molecular flexibility index (Phi) is 3.97. The number of rotatable bonds is 4. The number of fused-ring (bicyclic) bond motifs is 1. The molecule has 0 bridgehead atoms. The van der Waals surface area contributed by atoms with E-state index in [1.54, 1.807) is 30.5 Å². The fourth-order valence-corrected chi connectivity index (χ4v) is 2.37. The minimum absolute atomic E-state index is 0.0506. The smallest absolute Gasteiger partial charge is 0.273 e. The molecule has 0 radical (unpaired) electrons. The van der Waals surface area contributed by atoms with Crippen molar-refractivity contribution in [2.75, 3.05) is 5.32 Å². The number of hydrogen-bond donors (Lipinski definition) is 1. The normalized spacial score (nSPS) is 10.4. The van der Waals surface area contributed by atoms with Crippen LogP contribution in [0.3, 0.4) is 0 Å². The lowest BCUT2D eigenvalue weighted by molar-refractivity contribution is -0.385. The lowest BCUT2D eigenvalue weighted by Gasteiger charge is -2.07. The molecule has 23 heavy (non-hydrogen) atoms. The zero-order valence-electron chi connectivity index (χ0n) is 12.1. The molecular weight excluding hydrogens is 294 g/mol. The standard InChI is InChI=1S/C17H13N3O3/c21-17(11-13-4-1-2-6-16(13)20(22)23)19-14-7-8-15-12(10-14)5-3-9-18-15/h1-10H,11H2,(H,19,21). The van der Waals surface area contributed by atoms with Crippen molar-refractivity contribution in [3.63, 3.8) is 0 Å². The van der Waals surface area contributed by atoms with Crippen LogP contribution in [0.1, 0.15) is 5.56 Å². The summed E-state index contributed by atoms with van der Waals surface area (Å²) in [4.78, 5) is 26.8. The van der Waals surface area contributed by atoms with Crippen LogP contribution >= 0.6 is 0 Å². The Labute approximate surface area is 131 Å². The molecule has 0 aliphatic heterocycles. The van der Waals surface area contributed by atoms with Gasteiger partial charge in [0.05, 0.1) is 16.9 Å². The minimum atomic E-state index is -0.482. The van der Waals surface area contributed by atoms with Crippen LogP contribution in [0.25, 0.3) is 10.9 Å². The van der Waals surface area contributed by atoms with E-state index in [9.17, 15) is 14.9 Å². The zero-order valence-corrected chi connectivity index (χ0v) is 12.1. The highest BCUT2D eigenvalue weighted by atomic mass is 16.6. The van der Waals surface area contributed by atoms with Gasteiger partial charge in [0.25, 0.3) is 5.69 Å². The number of carbonyl (C=O) groups excluding carboxylic acids is 1. The van der Waals surface area contributed by atoms with E-state index in [-0.39, 0.29) is 18.0 Å². The summed E-state index contributed by atoms with van der Waals surface area (Å²) in [5.74, 6) is -0.303. The van der Waals surface area contributed by atoms with E-state index in [1.807, 2.05) is 24.3 Å². The number of nitro groups is 1. The number of nitro benzene ring substituents is 1. The van der Waals surface area contributed by atoms with E-state index in [4.69, 9.17) is 0 Å². The SMILES string of the molecule is O=C(Cc1ccccc1[N+](=O)[O-])Nc1ccc2ncccc2c1. The molecule has 0 saturated heterocycles. The van der Waals surface area contributed by atoms with Crippen molar-refractivity contribution in [1.82, 2.24) is 4.98 Å². The second-order valence-corrected chi connectivity index (χ2v) is 5.02. The summed E-state index contributed by atoms with van der Waals surface area (Å²) < 4.78 is 0. The quantitative estimate of drug-likeness (QED) is 0.592. The van der Waals surface area contributed by atoms with E-state index >= 15 is 0 Å². The van der Waals surface area contributed by atoms with Crippen LogP contribution in [0.5, 0.6) is 0 Å². The van der Waals surface area contributed by atoms with Crippen molar-refractivity contribution in [3.05, 3.63) is 76.5 Å². The first-order valence-electron chi connectivity index (χ1n) is 7.00. The molecule has 0 spiro atoms. The number of nitrogens with zero attached hydrogens (tertiary/aromatic N) is 2. The van der Waals surface area contributed by atoms with Crippen LogP contribution in [-0.2, 0) is 11.2 Å². The van der Waals surface area contributed by atoms with Gasteiger partial charge in [-0.25, -0.2) is 0 Å². The molecule has 3 aromatic rings. The molecule has 1 N–H and O–H groups in total. The van der Waals surface area contributed by atoms with Gasteiger partial charge >= 0.3 is 0 Å². The Bertz CT molecular complexity index is 893. The molecule has 6 heteroatoms. The van der Waals surface area contributed by atoms with Gasteiger partial charge in [-0.1, -0.05) is 24.3 Å². The number of para-hydroxylation sites is 1. The Morgan fingerprint density at radius 3 is 2.78 bits per heavy atom. The highest BCUT2D eigenvalue weighted by molar-refractivity contribution is 5.95. The number of aromatic nitrogens is 1. The average molecular weight is 307 g/mol. The van der Waals surface area contributed by atoms with Crippen LogP contribution < -0.4 is 5.32 Å². The summed E-state index contributed by atoms with van der Waals surface area (Å²) in [6, 6.07) is 15.4. The number of anilines is 1. The van der Waals surface area contributed by atoms with Gasteiger partial charge in [-0.3, -0.25) is 19.9 Å². The van der Waals surface area contributed by atoms with E-state index in [0.717, 1.165) is 10.9 Å². The van der Waals surface area contributed by atoms with Gasteiger partial charge in [0.2, 0.25) is 5.91 Å². The molecule has 0 aliphatic carbocycles. The van der Waals surface area contributed by atoms with Gasteiger partial charge in [-0.05, 0) is 24.3 Å². The van der Waals surface area contributed by atoms with Gasteiger partial charge in [0, 0.05) is 28.9 Å². The number of pyridine rings is 1. The Morgan fingerprint density at radius 2 is 1.96 bits per heavy atom. The average Bonchev–Trinajstić information content (AvgIpc) is 2.55. The van der Waals surface area contributed by atoms with Gasteiger partial charge < -0.3 is 5.32 Å². The van der Waals surface area contributed by atoms with Crippen molar-refractivity contribution in [3.8, 4) is 0 Å². The van der Waals surface area contributed by atoms with E-state index in [2.05, 4.69) is 10.3 Å². The highest BCUT2D eigenvalue weighted by Gasteiger charge is 2.15. The molecule has 0 fully saturated rings. The fourth-order valence-electron chi connectivity index (χ4n) is 2.37. The van der Waals surface area contributed by atoms with Gasteiger partial charge in [-0.15, -0.1) is 0 Å². The van der Waals surface area contributed by atoms with Crippen LogP contribution in [0.2, 0.25) is 0 Å². The Balaban J connectivity index is 1.77. The molecule has 114 valence electrons. The van der Waals surface area contributed by atoms with Crippen molar-refractivity contribution >= 4 is 28.2 Å². The summed E-state index contributed by atoms with van der Waals surface area (Å²) in [5, 5.41) is 14.6. The van der Waals surface area contributed by atoms with Crippen molar-refractivity contribution < 1.29 is 9.72 Å². The maximum absolute atomic E-state index is 12.1. The number of hydrogen-bond acceptors (Lipinski definition) is 4. The summed E-state index contributed by atoms with van der Waals surface area (Å²) >= 11 is 0. The molecule has 1 heterocycles. The summed E-state index contributed by atoms with van der Waals surface area (Å²) in [6.45, 7) is 0. The molecule has 6 nitrogen and oxygen atoms in total. The summed E-state index contributed by atoms with van der Waals surface area (Å²) in [6.07, 6.45) is 1.65. The molecule has 1 aromatic heterocycles. The first-order chi connectivity index (χ1) is 11.1. The first-order valence-corrected chi connectivity index (χ1v) is 7.00. The second kappa shape index (κ2) is 6.23. The molecular formula is C17H13N3O3. The van der Waals surface area contributed by atoms with Crippen LogP contribution in [0, 0.1) is 10.1 Å². The van der Waals surface area contributed by atoms with Gasteiger partial charge in [-0.2, -0.15) is 0 Å². The maximum Gasteiger partial charge on any atom is 0.273 e. The third-order valence-electron chi connectivity index (χ3n) is 3.43. The molecule has 2 aromatic carbocycles. The summed E-state index contributed by atoms with van der Waals surface area (Å²) in [7, 11) is 0. The zero-order chi connectivity index (χ0) is 16.2. The van der Waals surface area contributed by atoms with Crippen LogP contribution in [0.4, 0.5) is 11.4 Å². The molecule has 3 rings (SSSR count). The van der Waals surface area contributed by atoms with Crippen LogP contribution in [0.15, 0.2) is 60.8 Å². The molecule has 1 amide bonds. The monoisotopic (exact) mass is 307 g/mol. The third-order valence-corrected chi connectivity index (χ3v) is 3.43. The summed E-state index contributed by atoms with van der Waals surface area (Å²) in [5.41, 5.74) is 1.81. The number of nitrogens with one attached hydrogen (secondary N) is 1.